The number of carbonyl (C=O) groups excluding carboxylic acids is 1. The third-order valence-corrected chi connectivity index (χ3v) is 5.10. The van der Waals surface area contributed by atoms with Crippen molar-refractivity contribution in [3.05, 3.63) is 65.0 Å². The first-order valence-corrected chi connectivity index (χ1v) is 9.54. The smallest absolute Gasteiger partial charge is 0.255 e. The van der Waals surface area contributed by atoms with E-state index in [0.717, 1.165) is 66.5 Å². The maximum absolute atomic E-state index is 12.9. The number of nitrogens with zero attached hydrogens (tertiary/aromatic N) is 3. The molecule has 144 valence electrons. The molecule has 2 heterocycles. The maximum atomic E-state index is 12.9. The highest BCUT2D eigenvalue weighted by Gasteiger charge is 2.15. The standard InChI is InChI=1S/C22H24N4O2/c1-15-16(2)24-21-13-17(7-8-20(21)23-15)22(27)25-19-6-4-3-5-18(19)14-26-9-11-28-12-10-26/h3-8,13H,9-12,14H2,1-2H3,(H,25,27). The van der Waals surface area contributed by atoms with Crippen LogP contribution in [0, 0.1) is 13.8 Å². The maximum Gasteiger partial charge on any atom is 0.255 e. The molecule has 1 aromatic heterocycles. The summed E-state index contributed by atoms with van der Waals surface area (Å²) in [4.78, 5) is 24.3. The highest BCUT2D eigenvalue weighted by atomic mass is 16.5. The van der Waals surface area contributed by atoms with E-state index in [1.54, 1.807) is 12.1 Å². The molecule has 6 heteroatoms. The summed E-state index contributed by atoms with van der Waals surface area (Å²) in [6, 6.07) is 13.4. The van der Waals surface area contributed by atoms with Gasteiger partial charge in [-0.3, -0.25) is 9.69 Å². The Morgan fingerprint density at radius 2 is 1.75 bits per heavy atom. The summed E-state index contributed by atoms with van der Waals surface area (Å²) in [6.07, 6.45) is 0. The van der Waals surface area contributed by atoms with Gasteiger partial charge < -0.3 is 10.1 Å². The largest absolute Gasteiger partial charge is 0.379 e. The summed E-state index contributed by atoms with van der Waals surface area (Å²) in [7, 11) is 0. The fourth-order valence-electron chi connectivity index (χ4n) is 3.35. The second-order valence-corrected chi connectivity index (χ2v) is 7.10. The summed E-state index contributed by atoms with van der Waals surface area (Å²) in [6.45, 7) is 7.98. The van der Waals surface area contributed by atoms with E-state index in [1.807, 2.05) is 38.1 Å². The molecule has 1 aliphatic heterocycles. The molecule has 6 nitrogen and oxygen atoms in total. The van der Waals surface area contributed by atoms with Crippen LogP contribution in [0.4, 0.5) is 5.69 Å². The van der Waals surface area contributed by atoms with E-state index in [2.05, 4.69) is 26.3 Å². The van der Waals surface area contributed by atoms with E-state index in [9.17, 15) is 4.79 Å². The van der Waals surface area contributed by atoms with E-state index < -0.39 is 0 Å². The summed E-state index contributed by atoms with van der Waals surface area (Å²) in [5.41, 5.74) is 5.83. The fourth-order valence-corrected chi connectivity index (χ4v) is 3.35. The number of carbonyl (C=O) groups is 1. The highest BCUT2D eigenvalue weighted by Crippen LogP contribution is 2.20. The van der Waals surface area contributed by atoms with Crippen molar-refractivity contribution < 1.29 is 9.53 Å². The SMILES string of the molecule is Cc1nc2ccc(C(=O)Nc3ccccc3CN3CCOCC3)cc2nc1C. The minimum absolute atomic E-state index is 0.142. The Bertz CT molecular complexity index is 1010. The molecule has 4 rings (SSSR count). The lowest BCUT2D eigenvalue weighted by Crippen LogP contribution is -2.35. The molecule has 2 aromatic carbocycles. The van der Waals surface area contributed by atoms with Crippen molar-refractivity contribution in [2.75, 3.05) is 31.6 Å². The second kappa shape index (κ2) is 8.04. The van der Waals surface area contributed by atoms with Crippen LogP contribution in [0.5, 0.6) is 0 Å². The lowest BCUT2D eigenvalue weighted by atomic mass is 10.1. The molecule has 1 fully saturated rings. The van der Waals surface area contributed by atoms with Crippen LogP contribution < -0.4 is 5.32 Å². The molecule has 0 bridgehead atoms. The first-order valence-electron chi connectivity index (χ1n) is 9.54. The van der Waals surface area contributed by atoms with Gasteiger partial charge in [0.15, 0.2) is 0 Å². The first kappa shape index (κ1) is 18.5. The third kappa shape index (κ3) is 4.03. The molecular formula is C22H24N4O2. The van der Waals surface area contributed by atoms with Crippen LogP contribution in [-0.4, -0.2) is 47.1 Å². The molecule has 1 saturated heterocycles. The Morgan fingerprint density at radius 3 is 2.54 bits per heavy atom. The molecule has 3 aromatic rings. The van der Waals surface area contributed by atoms with E-state index in [4.69, 9.17) is 4.74 Å². The summed E-state index contributed by atoms with van der Waals surface area (Å²) in [5, 5.41) is 3.06. The average molecular weight is 376 g/mol. The number of para-hydroxylation sites is 1. The number of hydrogen-bond donors (Lipinski definition) is 1. The van der Waals surface area contributed by atoms with Crippen LogP contribution in [-0.2, 0) is 11.3 Å². The lowest BCUT2D eigenvalue weighted by molar-refractivity contribution is 0.0342. The molecule has 0 atom stereocenters. The molecular weight excluding hydrogens is 352 g/mol. The van der Waals surface area contributed by atoms with Gasteiger partial charge in [-0.05, 0) is 43.7 Å². The van der Waals surface area contributed by atoms with Gasteiger partial charge in [-0.15, -0.1) is 0 Å². The number of benzene rings is 2. The number of rotatable bonds is 4. The van der Waals surface area contributed by atoms with Gasteiger partial charge in [0, 0.05) is 30.9 Å². The van der Waals surface area contributed by atoms with E-state index >= 15 is 0 Å². The molecule has 0 radical (unpaired) electrons. The van der Waals surface area contributed by atoms with Crippen molar-refractivity contribution in [2.24, 2.45) is 0 Å². The third-order valence-electron chi connectivity index (χ3n) is 5.10. The van der Waals surface area contributed by atoms with Gasteiger partial charge in [-0.1, -0.05) is 18.2 Å². The minimum Gasteiger partial charge on any atom is -0.379 e. The average Bonchev–Trinajstić information content (AvgIpc) is 2.71. The Hall–Kier alpha value is -2.83. The second-order valence-electron chi connectivity index (χ2n) is 7.10. The molecule has 28 heavy (non-hydrogen) atoms. The topological polar surface area (TPSA) is 67.4 Å². The molecule has 0 saturated carbocycles. The zero-order valence-corrected chi connectivity index (χ0v) is 16.2. The number of ether oxygens (including phenoxy) is 1. The Labute approximate surface area is 164 Å². The van der Waals surface area contributed by atoms with Crippen LogP contribution >= 0.6 is 0 Å². The number of nitrogens with one attached hydrogen (secondary N) is 1. The fraction of sp³-hybridized carbons (Fsp3) is 0.318. The Kier molecular flexibility index (Phi) is 5.32. The van der Waals surface area contributed by atoms with Crippen LogP contribution in [0.2, 0.25) is 0 Å². The zero-order chi connectivity index (χ0) is 19.5. The molecule has 1 N–H and O–H groups in total. The van der Waals surface area contributed by atoms with Gasteiger partial charge >= 0.3 is 0 Å². The van der Waals surface area contributed by atoms with Gasteiger partial charge in [-0.2, -0.15) is 0 Å². The number of aromatic nitrogens is 2. The summed E-state index contributed by atoms with van der Waals surface area (Å²) in [5.74, 6) is -0.142. The summed E-state index contributed by atoms with van der Waals surface area (Å²) < 4.78 is 5.42. The zero-order valence-electron chi connectivity index (χ0n) is 16.2. The normalized spacial score (nSPS) is 14.9. The van der Waals surface area contributed by atoms with Crippen molar-refractivity contribution in [3.8, 4) is 0 Å². The quantitative estimate of drug-likeness (QED) is 0.756. The Morgan fingerprint density at radius 1 is 1.04 bits per heavy atom. The Balaban J connectivity index is 1.55. The van der Waals surface area contributed by atoms with Crippen LogP contribution in [0.3, 0.4) is 0 Å². The van der Waals surface area contributed by atoms with Crippen molar-refractivity contribution in [1.29, 1.82) is 0 Å². The molecule has 0 spiro atoms. The van der Waals surface area contributed by atoms with Crippen molar-refractivity contribution in [1.82, 2.24) is 14.9 Å². The summed E-state index contributed by atoms with van der Waals surface area (Å²) >= 11 is 0. The van der Waals surface area contributed by atoms with Crippen LogP contribution in [0.25, 0.3) is 11.0 Å². The first-order chi connectivity index (χ1) is 13.6. The molecule has 0 unspecified atom stereocenters. The monoisotopic (exact) mass is 376 g/mol. The highest BCUT2D eigenvalue weighted by molar-refractivity contribution is 6.06. The number of anilines is 1. The van der Waals surface area contributed by atoms with Gasteiger partial charge in [0.1, 0.15) is 0 Å². The lowest BCUT2D eigenvalue weighted by Gasteiger charge is -2.27. The number of hydrogen-bond acceptors (Lipinski definition) is 5. The molecule has 0 aliphatic carbocycles. The van der Waals surface area contributed by atoms with Gasteiger partial charge in [0.25, 0.3) is 5.91 Å². The van der Waals surface area contributed by atoms with Crippen molar-refractivity contribution >= 4 is 22.6 Å². The number of morpholine rings is 1. The molecule has 1 aliphatic rings. The number of aryl methyl sites for hydroxylation is 2. The van der Waals surface area contributed by atoms with Crippen molar-refractivity contribution in [2.45, 2.75) is 20.4 Å². The van der Waals surface area contributed by atoms with Gasteiger partial charge in [0.2, 0.25) is 0 Å². The van der Waals surface area contributed by atoms with Gasteiger partial charge in [-0.25, -0.2) is 9.97 Å². The predicted molar refractivity (Wildman–Crippen MR) is 110 cm³/mol. The van der Waals surface area contributed by atoms with E-state index in [1.165, 1.54) is 0 Å². The number of amides is 1. The van der Waals surface area contributed by atoms with E-state index in [-0.39, 0.29) is 5.91 Å². The van der Waals surface area contributed by atoms with E-state index in [0.29, 0.717) is 5.56 Å². The van der Waals surface area contributed by atoms with Gasteiger partial charge in [0.05, 0.1) is 35.6 Å². The predicted octanol–water partition coefficient (Wildman–Crippen LogP) is 3.33. The van der Waals surface area contributed by atoms with Crippen molar-refractivity contribution in [3.63, 3.8) is 0 Å². The van der Waals surface area contributed by atoms with Crippen LogP contribution in [0.15, 0.2) is 42.5 Å². The van der Waals surface area contributed by atoms with Crippen LogP contribution in [0.1, 0.15) is 27.3 Å². The number of fused-ring (bicyclic) bond motifs is 1. The molecule has 1 amide bonds. The minimum atomic E-state index is -0.142.